The maximum absolute atomic E-state index is 13.4. The molecule has 0 aliphatic carbocycles. The van der Waals surface area contributed by atoms with E-state index in [0.29, 0.717) is 12.5 Å². The Balaban J connectivity index is 2.89. The van der Waals surface area contributed by atoms with Crippen molar-refractivity contribution in [3.8, 4) is 0 Å². The van der Waals surface area contributed by atoms with Gasteiger partial charge in [-0.15, -0.1) is 0 Å². The van der Waals surface area contributed by atoms with E-state index in [1.807, 2.05) is 13.8 Å². The molecule has 0 radical (unpaired) electrons. The number of alkyl halides is 3. The van der Waals surface area contributed by atoms with Crippen LogP contribution in [0.5, 0.6) is 0 Å². The Labute approximate surface area is 97.8 Å². The molecule has 0 aliphatic heterocycles. The topological polar surface area (TPSA) is 12.0 Å². The number of rotatable bonds is 4. The minimum Gasteiger partial charge on any atom is -0.312 e. The molecule has 0 aliphatic rings. The number of halogens is 4. The van der Waals surface area contributed by atoms with Crippen molar-refractivity contribution in [2.75, 3.05) is 6.54 Å². The van der Waals surface area contributed by atoms with Crippen LogP contribution in [0.1, 0.15) is 25.0 Å². The third-order valence-electron chi connectivity index (χ3n) is 2.28. The van der Waals surface area contributed by atoms with Gasteiger partial charge in [-0.05, 0) is 24.6 Å². The molecule has 0 fully saturated rings. The van der Waals surface area contributed by atoms with Gasteiger partial charge in [0, 0.05) is 12.1 Å². The van der Waals surface area contributed by atoms with Gasteiger partial charge >= 0.3 is 6.18 Å². The highest BCUT2D eigenvalue weighted by molar-refractivity contribution is 5.31. The summed E-state index contributed by atoms with van der Waals surface area (Å²) < 4.78 is 51.2. The van der Waals surface area contributed by atoms with E-state index >= 15 is 0 Å². The van der Waals surface area contributed by atoms with E-state index in [1.165, 1.54) is 0 Å². The summed E-state index contributed by atoms with van der Waals surface area (Å²) in [5.74, 6) is -0.521. The van der Waals surface area contributed by atoms with E-state index in [9.17, 15) is 17.6 Å². The summed E-state index contributed by atoms with van der Waals surface area (Å²) in [6, 6.07) is 3.02. The minimum atomic E-state index is -4.52. The molecule has 0 amide bonds. The average Bonchev–Trinajstić information content (AvgIpc) is 2.18. The molecule has 1 aromatic carbocycles. The standard InChI is InChI=1S/C12H15F4N/c1-8(2)6-17-7-9-10(12(14,15)16)4-3-5-11(9)13/h3-5,8,17H,6-7H2,1-2H3. The highest BCUT2D eigenvalue weighted by Crippen LogP contribution is 2.32. The molecule has 0 heterocycles. The van der Waals surface area contributed by atoms with Crippen molar-refractivity contribution >= 4 is 0 Å². The minimum absolute atomic E-state index is 0.111. The monoisotopic (exact) mass is 249 g/mol. The second-order valence-electron chi connectivity index (χ2n) is 4.29. The van der Waals surface area contributed by atoms with Crippen molar-refractivity contribution in [2.45, 2.75) is 26.6 Å². The molecule has 0 spiro atoms. The van der Waals surface area contributed by atoms with E-state index in [0.717, 1.165) is 18.2 Å². The van der Waals surface area contributed by atoms with Crippen LogP contribution in [0.15, 0.2) is 18.2 Å². The molecule has 1 N–H and O–H groups in total. The van der Waals surface area contributed by atoms with Crippen LogP contribution in [0.2, 0.25) is 0 Å². The van der Waals surface area contributed by atoms with E-state index in [2.05, 4.69) is 5.32 Å². The van der Waals surface area contributed by atoms with Crippen molar-refractivity contribution in [3.63, 3.8) is 0 Å². The maximum Gasteiger partial charge on any atom is 0.416 e. The maximum atomic E-state index is 13.4. The van der Waals surface area contributed by atoms with Gasteiger partial charge in [0.1, 0.15) is 5.82 Å². The fourth-order valence-electron chi connectivity index (χ4n) is 1.49. The van der Waals surface area contributed by atoms with Crippen molar-refractivity contribution in [1.29, 1.82) is 0 Å². The van der Waals surface area contributed by atoms with E-state index in [-0.39, 0.29) is 12.1 Å². The first-order chi connectivity index (χ1) is 7.82. The molecule has 0 unspecified atom stereocenters. The second-order valence-corrected chi connectivity index (χ2v) is 4.29. The Morgan fingerprint density at radius 2 is 1.88 bits per heavy atom. The molecule has 96 valence electrons. The Kier molecular flexibility index (Phi) is 4.51. The van der Waals surface area contributed by atoms with Gasteiger partial charge < -0.3 is 5.32 Å². The van der Waals surface area contributed by atoms with Gasteiger partial charge in [-0.3, -0.25) is 0 Å². The van der Waals surface area contributed by atoms with Gasteiger partial charge in [0.05, 0.1) is 5.56 Å². The molecule has 0 atom stereocenters. The van der Waals surface area contributed by atoms with Crippen molar-refractivity contribution in [2.24, 2.45) is 5.92 Å². The van der Waals surface area contributed by atoms with Crippen LogP contribution in [-0.2, 0) is 12.7 Å². The lowest BCUT2D eigenvalue weighted by Gasteiger charge is -2.14. The Hall–Kier alpha value is -1.10. The third-order valence-corrected chi connectivity index (χ3v) is 2.28. The largest absolute Gasteiger partial charge is 0.416 e. The highest BCUT2D eigenvalue weighted by atomic mass is 19.4. The highest BCUT2D eigenvalue weighted by Gasteiger charge is 2.34. The Bertz CT molecular complexity index is 371. The molecule has 0 saturated carbocycles. The van der Waals surface area contributed by atoms with Crippen molar-refractivity contribution < 1.29 is 17.6 Å². The van der Waals surface area contributed by atoms with Crippen LogP contribution in [0.25, 0.3) is 0 Å². The predicted molar refractivity (Wildman–Crippen MR) is 57.9 cm³/mol. The molecule has 0 bridgehead atoms. The van der Waals surface area contributed by atoms with E-state index in [1.54, 1.807) is 0 Å². The van der Waals surface area contributed by atoms with Gasteiger partial charge in [0.15, 0.2) is 0 Å². The van der Waals surface area contributed by atoms with Crippen LogP contribution in [0.3, 0.4) is 0 Å². The molecule has 1 aromatic rings. The van der Waals surface area contributed by atoms with Gasteiger partial charge in [-0.2, -0.15) is 13.2 Å². The zero-order valence-corrected chi connectivity index (χ0v) is 9.74. The first kappa shape index (κ1) is 14.0. The number of hydrogen-bond acceptors (Lipinski definition) is 1. The summed E-state index contributed by atoms with van der Waals surface area (Å²) in [5.41, 5.74) is -1.23. The number of hydrogen-bond donors (Lipinski definition) is 1. The van der Waals surface area contributed by atoms with Crippen LogP contribution >= 0.6 is 0 Å². The molecule has 0 saturated heterocycles. The number of benzene rings is 1. The summed E-state index contributed by atoms with van der Waals surface area (Å²) in [5, 5.41) is 2.81. The quantitative estimate of drug-likeness (QED) is 0.804. The normalized spacial score (nSPS) is 12.2. The lowest BCUT2D eigenvalue weighted by molar-refractivity contribution is -0.138. The molecule has 1 nitrogen and oxygen atoms in total. The summed E-state index contributed by atoms with van der Waals surface area (Å²) in [6.45, 7) is 4.30. The molecule has 17 heavy (non-hydrogen) atoms. The fraction of sp³-hybridized carbons (Fsp3) is 0.500. The van der Waals surface area contributed by atoms with Crippen LogP contribution in [0, 0.1) is 11.7 Å². The Morgan fingerprint density at radius 3 is 2.41 bits per heavy atom. The third kappa shape index (κ3) is 4.00. The molecule has 0 aromatic heterocycles. The van der Waals surface area contributed by atoms with E-state index < -0.39 is 17.6 Å². The number of nitrogens with one attached hydrogen (secondary N) is 1. The lowest BCUT2D eigenvalue weighted by atomic mass is 10.1. The van der Waals surface area contributed by atoms with Gasteiger partial charge in [-0.25, -0.2) is 4.39 Å². The first-order valence-electron chi connectivity index (χ1n) is 5.37. The lowest BCUT2D eigenvalue weighted by Crippen LogP contribution is -2.22. The molecule has 5 heteroatoms. The van der Waals surface area contributed by atoms with Crippen LogP contribution in [0.4, 0.5) is 17.6 Å². The zero-order valence-electron chi connectivity index (χ0n) is 9.74. The summed E-state index contributed by atoms with van der Waals surface area (Å²) >= 11 is 0. The summed E-state index contributed by atoms with van der Waals surface area (Å²) in [7, 11) is 0. The van der Waals surface area contributed by atoms with E-state index in [4.69, 9.17) is 0 Å². The fourth-order valence-corrected chi connectivity index (χ4v) is 1.49. The zero-order chi connectivity index (χ0) is 13.1. The molecular weight excluding hydrogens is 234 g/mol. The van der Waals surface area contributed by atoms with Gasteiger partial charge in [0.2, 0.25) is 0 Å². The van der Waals surface area contributed by atoms with Crippen LogP contribution in [-0.4, -0.2) is 6.54 Å². The average molecular weight is 249 g/mol. The van der Waals surface area contributed by atoms with Crippen molar-refractivity contribution in [3.05, 3.63) is 35.1 Å². The summed E-state index contributed by atoms with van der Waals surface area (Å²) in [6.07, 6.45) is -4.52. The predicted octanol–water partition coefficient (Wildman–Crippen LogP) is 3.59. The smallest absolute Gasteiger partial charge is 0.312 e. The SMILES string of the molecule is CC(C)CNCc1c(F)cccc1C(F)(F)F. The first-order valence-corrected chi connectivity index (χ1v) is 5.37. The van der Waals surface area contributed by atoms with Gasteiger partial charge in [-0.1, -0.05) is 19.9 Å². The van der Waals surface area contributed by atoms with Crippen LogP contribution < -0.4 is 5.32 Å². The summed E-state index contributed by atoms with van der Waals surface area (Å²) in [4.78, 5) is 0. The van der Waals surface area contributed by atoms with Gasteiger partial charge in [0.25, 0.3) is 0 Å². The second kappa shape index (κ2) is 5.49. The Morgan fingerprint density at radius 1 is 1.24 bits per heavy atom. The molecular formula is C12H15F4N. The van der Waals surface area contributed by atoms with Crippen molar-refractivity contribution in [1.82, 2.24) is 5.32 Å². The molecule has 1 rings (SSSR count).